The monoisotopic (exact) mass is 331 g/mol. The van der Waals surface area contributed by atoms with Crippen LogP contribution in [-0.2, 0) is 11.5 Å². The van der Waals surface area contributed by atoms with Crippen molar-refractivity contribution in [3.05, 3.63) is 57.5 Å². The van der Waals surface area contributed by atoms with Crippen molar-refractivity contribution in [2.45, 2.75) is 30.0 Å². The SMILES string of the molecule is CCCSCc1cc(=O)[nH]c(SCc2ccc(C#N)cc2)n1. The van der Waals surface area contributed by atoms with E-state index >= 15 is 0 Å². The van der Waals surface area contributed by atoms with E-state index in [4.69, 9.17) is 5.26 Å². The van der Waals surface area contributed by atoms with Crippen molar-refractivity contribution in [2.24, 2.45) is 0 Å². The van der Waals surface area contributed by atoms with Gasteiger partial charge in [-0.1, -0.05) is 30.8 Å². The quantitative estimate of drug-likeness (QED) is 0.477. The summed E-state index contributed by atoms with van der Waals surface area (Å²) in [6.45, 7) is 2.14. The average Bonchev–Trinajstić information content (AvgIpc) is 2.53. The van der Waals surface area contributed by atoms with Crippen LogP contribution in [0.3, 0.4) is 0 Å². The fraction of sp³-hybridized carbons (Fsp3) is 0.312. The normalized spacial score (nSPS) is 10.4. The molecule has 0 bridgehead atoms. The Hall–Kier alpha value is -1.71. The van der Waals surface area contributed by atoms with Gasteiger partial charge in [0, 0.05) is 17.6 Å². The highest BCUT2D eigenvalue weighted by molar-refractivity contribution is 7.98. The first-order valence-electron chi connectivity index (χ1n) is 7.01. The average molecular weight is 331 g/mol. The number of thioether (sulfide) groups is 2. The highest BCUT2D eigenvalue weighted by Gasteiger charge is 2.03. The summed E-state index contributed by atoms with van der Waals surface area (Å²) in [6, 6.07) is 11.1. The van der Waals surface area contributed by atoms with Crippen molar-refractivity contribution in [3.8, 4) is 6.07 Å². The number of benzene rings is 1. The summed E-state index contributed by atoms with van der Waals surface area (Å²) in [5, 5.41) is 9.42. The third-order valence-electron chi connectivity index (χ3n) is 2.83. The molecule has 1 aromatic heterocycles. The van der Waals surface area contributed by atoms with E-state index in [0.717, 1.165) is 29.2 Å². The molecule has 114 valence electrons. The number of nitriles is 1. The minimum atomic E-state index is -0.107. The lowest BCUT2D eigenvalue weighted by Gasteiger charge is -2.04. The highest BCUT2D eigenvalue weighted by atomic mass is 32.2. The molecule has 1 aromatic carbocycles. The van der Waals surface area contributed by atoms with Gasteiger partial charge < -0.3 is 4.98 Å². The molecule has 0 saturated carbocycles. The van der Waals surface area contributed by atoms with E-state index in [0.29, 0.717) is 16.5 Å². The van der Waals surface area contributed by atoms with Crippen molar-refractivity contribution in [1.29, 1.82) is 5.26 Å². The van der Waals surface area contributed by atoms with Crippen LogP contribution in [0.15, 0.2) is 40.3 Å². The molecule has 0 aliphatic heterocycles. The first-order valence-corrected chi connectivity index (χ1v) is 9.15. The number of nitrogens with zero attached hydrogens (tertiary/aromatic N) is 2. The molecule has 2 rings (SSSR count). The van der Waals surface area contributed by atoms with Crippen LogP contribution in [0, 0.1) is 11.3 Å². The van der Waals surface area contributed by atoms with E-state index < -0.39 is 0 Å². The van der Waals surface area contributed by atoms with E-state index in [2.05, 4.69) is 23.0 Å². The zero-order chi connectivity index (χ0) is 15.8. The molecule has 0 radical (unpaired) electrons. The van der Waals surface area contributed by atoms with Crippen LogP contribution in [0.5, 0.6) is 0 Å². The number of aromatic amines is 1. The van der Waals surface area contributed by atoms with Crippen LogP contribution in [0.4, 0.5) is 0 Å². The first-order chi connectivity index (χ1) is 10.7. The molecule has 4 nitrogen and oxygen atoms in total. The van der Waals surface area contributed by atoms with Crippen LogP contribution in [0.1, 0.15) is 30.2 Å². The molecule has 1 heterocycles. The molecule has 0 aliphatic rings. The van der Waals surface area contributed by atoms with Crippen LogP contribution in [0.25, 0.3) is 0 Å². The molecule has 0 atom stereocenters. The minimum Gasteiger partial charge on any atom is -0.301 e. The zero-order valence-corrected chi connectivity index (χ0v) is 14.0. The van der Waals surface area contributed by atoms with Gasteiger partial charge in [-0.05, 0) is 29.9 Å². The zero-order valence-electron chi connectivity index (χ0n) is 12.3. The summed E-state index contributed by atoms with van der Waals surface area (Å²) >= 11 is 3.28. The van der Waals surface area contributed by atoms with Gasteiger partial charge in [-0.25, -0.2) is 4.98 Å². The predicted molar refractivity (Wildman–Crippen MR) is 92.0 cm³/mol. The molecule has 0 aliphatic carbocycles. The van der Waals surface area contributed by atoms with Gasteiger partial charge in [-0.15, -0.1) is 0 Å². The summed E-state index contributed by atoms with van der Waals surface area (Å²) in [7, 11) is 0. The summed E-state index contributed by atoms with van der Waals surface area (Å²) in [4.78, 5) is 18.9. The predicted octanol–water partition coefficient (Wildman–Crippen LogP) is 3.58. The topological polar surface area (TPSA) is 69.5 Å². The second-order valence-electron chi connectivity index (χ2n) is 4.69. The van der Waals surface area contributed by atoms with Gasteiger partial charge in [0.2, 0.25) is 0 Å². The van der Waals surface area contributed by atoms with Gasteiger partial charge in [0.15, 0.2) is 5.16 Å². The fourth-order valence-electron chi connectivity index (χ4n) is 1.77. The second kappa shape index (κ2) is 8.66. The largest absolute Gasteiger partial charge is 0.301 e. The highest BCUT2D eigenvalue weighted by Crippen LogP contribution is 2.19. The molecule has 0 fully saturated rings. The van der Waals surface area contributed by atoms with Gasteiger partial charge >= 0.3 is 0 Å². The lowest BCUT2D eigenvalue weighted by atomic mass is 10.2. The van der Waals surface area contributed by atoms with Gasteiger partial charge in [0.05, 0.1) is 17.3 Å². The maximum Gasteiger partial charge on any atom is 0.251 e. The third-order valence-corrected chi connectivity index (χ3v) is 4.97. The molecule has 0 unspecified atom stereocenters. The number of nitrogens with one attached hydrogen (secondary N) is 1. The van der Waals surface area contributed by atoms with E-state index in [1.54, 1.807) is 30.0 Å². The Morgan fingerprint density at radius 3 is 2.73 bits per heavy atom. The first kappa shape index (κ1) is 16.7. The van der Waals surface area contributed by atoms with Gasteiger partial charge in [-0.3, -0.25) is 4.79 Å². The molecule has 2 aromatic rings. The minimum absolute atomic E-state index is 0.107. The molecule has 0 amide bonds. The lowest BCUT2D eigenvalue weighted by Crippen LogP contribution is -2.09. The molecule has 0 saturated heterocycles. The Bertz CT molecular complexity index is 705. The fourth-order valence-corrected chi connectivity index (χ4v) is 3.41. The Balaban J connectivity index is 1.99. The van der Waals surface area contributed by atoms with Crippen LogP contribution < -0.4 is 5.56 Å². The number of hydrogen-bond acceptors (Lipinski definition) is 5. The molecule has 1 N–H and O–H groups in total. The summed E-state index contributed by atoms with van der Waals surface area (Å²) in [5.74, 6) is 2.55. The molecule has 6 heteroatoms. The third kappa shape index (κ3) is 5.24. The Morgan fingerprint density at radius 1 is 1.27 bits per heavy atom. The number of aromatic nitrogens is 2. The van der Waals surface area contributed by atoms with E-state index in [1.807, 2.05) is 12.1 Å². The smallest absolute Gasteiger partial charge is 0.251 e. The van der Waals surface area contributed by atoms with Crippen molar-refractivity contribution >= 4 is 23.5 Å². The van der Waals surface area contributed by atoms with Crippen LogP contribution in [-0.4, -0.2) is 15.7 Å². The second-order valence-corrected chi connectivity index (χ2v) is 6.76. The molecule has 22 heavy (non-hydrogen) atoms. The maximum absolute atomic E-state index is 11.7. The maximum atomic E-state index is 11.7. The standard InChI is InChI=1S/C16H17N3OS2/c1-2-7-21-11-14-8-15(20)19-16(18-14)22-10-13-5-3-12(9-17)4-6-13/h3-6,8H,2,7,10-11H2,1H3,(H,18,19,20). The Morgan fingerprint density at radius 2 is 2.05 bits per heavy atom. The number of rotatable bonds is 7. The Labute approximate surface area is 138 Å². The summed E-state index contributed by atoms with van der Waals surface area (Å²) in [5.41, 5.74) is 2.46. The van der Waals surface area contributed by atoms with Gasteiger partial charge in [0.25, 0.3) is 5.56 Å². The summed E-state index contributed by atoms with van der Waals surface area (Å²) in [6.07, 6.45) is 1.12. The van der Waals surface area contributed by atoms with Crippen LogP contribution in [0.2, 0.25) is 0 Å². The van der Waals surface area contributed by atoms with E-state index in [-0.39, 0.29) is 5.56 Å². The van der Waals surface area contributed by atoms with Gasteiger partial charge in [0.1, 0.15) is 0 Å². The number of H-pyrrole nitrogens is 1. The van der Waals surface area contributed by atoms with Crippen molar-refractivity contribution in [1.82, 2.24) is 9.97 Å². The van der Waals surface area contributed by atoms with Crippen molar-refractivity contribution in [3.63, 3.8) is 0 Å². The van der Waals surface area contributed by atoms with Crippen LogP contribution >= 0.6 is 23.5 Å². The van der Waals surface area contributed by atoms with E-state index in [1.165, 1.54) is 11.8 Å². The summed E-state index contributed by atoms with van der Waals surface area (Å²) < 4.78 is 0. The molecule has 0 spiro atoms. The van der Waals surface area contributed by atoms with E-state index in [9.17, 15) is 4.79 Å². The number of hydrogen-bond donors (Lipinski definition) is 1. The van der Waals surface area contributed by atoms with Crippen molar-refractivity contribution < 1.29 is 0 Å². The van der Waals surface area contributed by atoms with Crippen molar-refractivity contribution in [2.75, 3.05) is 5.75 Å². The Kier molecular flexibility index (Phi) is 6.56. The van der Waals surface area contributed by atoms with Gasteiger partial charge in [-0.2, -0.15) is 17.0 Å². The lowest BCUT2D eigenvalue weighted by molar-refractivity contribution is 0.899. The molecular formula is C16H17N3OS2. The molecular weight excluding hydrogens is 314 g/mol.